The predicted molar refractivity (Wildman–Crippen MR) is 58.2 cm³/mol. The smallest absolute Gasteiger partial charge is 0.260 e. The molecule has 1 aromatic carbocycles. The summed E-state index contributed by atoms with van der Waals surface area (Å²) in [6.45, 7) is 3.54. The Morgan fingerprint density at radius 1 is 1.25 bits per heavy atom. The Hall–Kier alpha value is -1.84. The third-order valence-corrected chi connectivity index (χ3v) is 3.05. The first-order chi connectivity index (χ1) is 7.35. The van der Waals surface area contributed by atoms with Crippen molar-refractivity contribution in [2.45, 2.75) is 19.3 Å². The van der Waals surface area contributed by atoms with Crippen LogP contribution in [0.3, 0.4) is 0 Å². The molecule has 4 nitrogen and oxygen atoms in total. The number of fused-ring (bicyclic) bond motifs is 1. The molecule has 2 rings (SSSR count). The van der Waals surface area contributed by atoms with E-state index < -0.39 is 5.41 Å². The normalized spacial score (nSPS) is 18.6. The van der Waals surface area contributed by atoms with E-state index in [0.717, 1.165) is 4.90 Å². The summed E-state index contributed by atoms with van der Waals surface area (Å²) in [5, 5.41) is 9.37. The minimum absolute atomic E-state index is 0.0330. The number of aromatic hydroxyl groups is 1. The second kappa shape index (κ2) is 3.07. The highest BCUT2D eigenvalue weighted by Crippen LogP contribution is 2.35. The monoisotopic (exact) mass is 219 g/mol. The summed E-state index contributed by atoms with van der Waals surface area (Å²) in [5.41, 5.74) is 0.330. The molecule has 0 spiro atoms. The predicted octanol–water partition coefficient (Wildman–Crippen LogP) is 1.28. The van der Waals surface area contributed by atoms with Crippen LogP contribution in [0.5, 0.6) is 5.75 Å². The topological polar surface area (TPSA) is 57.6 Å². The summed E-state index contributed by atoms with van der Waals surface area (Å²) in [5.74, 6) is -0.559. The van der Waals surface area contributed by atoms with Crippen LogP contribution in [0.25, 0.3) is 0 Å². The molecule has 0 radical (unpaired) electrons. The minimum Gasteiger partial charge on any atom is -0.508 e. The Morgan fingerprint density at radius 2 is 1.88 bits per heavy atom. The van der Waals surface area contributed by atoms with Crippen molar-refractivity contribution in [3.05, 3.63) is 29.3 Å². The van der Waals surface area contributed by atoms with Crippen LogP contribution < -0.4 is 0 Å². The van der Waals surface area contributed by atoms with Gasteiger partial charge in [0, 0.05) is 12.6 Å². The van der Waals surface area contributed by atoms with Crippen molar-refractivity contribution < 1.29 is 14.7 Å². The van der Waals surface area contributed by atoms with Crippen LogP contribution in [0.15, 0.2) is 18.2 Å². The van der Waals surface area contributed by atoms with Gasteiger partial charge in [-0.25, -0.2) is 0 Å². The number of hydrogen-bond donors (Lipinski definition) is 1. The molecule has 1 aliphatic rings. The lowest BCUT2D eigenvalue weighted by Gasteiger charge is -2.35. The minimum atomic E-state index is -0.730. The average molecular weight is 219 g/mol. The molecule has 1 N–H and O–H groups in total. The Bertz CT molecular complexity index is 491. The third-order valence-electron chi connectivity index (χ3n) is 3.05. The van der Waals surface area contributed by atoms with E-state index in [1.165, 1.54) is 19.2 Å². The number of amides is 2. The molecular formula is C12H13NO3. The van der Waals surface area contributed by atoms with Crippen molar-refractivity contribution in [3.63, 3.8) is 0 Å². The SMILES string of the molecule is CN1C(=O)c2cc(O)ccc2C(C)(C)C1=O. The molecule has 0 aromatic heterocycles. The summed E-state index contributed by atoms with van der Waals surface area (Å²) in [7, 11) is 1.46. The fraction of sp³-hybridized carbons (Fsp3) is 0.333. The van der Waals surface area contributed by atoms with Crippen LogP contribution in [0, 0.1) is 0 Å². The van der Waals surface area contributed by atoms with E-state index in [4.69, 9.17) is 0 Å². The number of carbonyl (C=O) groups excluding carboxylic acids is 2. The molecule has 84 valence electrons. The van der Waals surface area contributed by atoms with Gasteiger partial charge < -0.3 is 5.11 Å². The van der Waals surface area contributed by atoms with Gasteiger partial charge in [0.05, 0.1) is 5.41 Å². The zero-order valence-corrected chi connectivity index (χ0v) is 9.44. The van der Waals surface area contributed by atoms with Gasteiger partial charge in [-0.15, -0.1) is 0 Å². The van der Waals surface area contributed by atoms with Crippen molar-refractivity contribution in [1.29, 1.82) is 0 Å². The Labute approximate surface area is 93.5 Å². The number of carbonyl (C=O) groups is 2. The van der Waals surface area contributed by atoms with Crippen molar-refractivity contribution in [2.24, 2.45) is 0 Å². The van der Waals surface area contributed by atoms with E-state index in [1.807, 2.05) is 0 Å². The maximum absolute atomic E-state index is 11.9. The number of rotatable bonds is 0. The fourth-order valence-electron chi connectivity index (χ4n) is 2.06. The van der Waals surface area contributed by atoms with E-state index in [1.54, 1.807) is 19.9 Å². The van der Waals surface area contributed by atoms with E-state index >= 15 is 0 Å². The fourth-order valence-corrected chi connectivity index (χ4v) is 2.06. The summed E-state index contributed by atoms with van der Waals surface area (Å²) in [4.78, 5) is 24.9. The summed E-state index contributed by atoms with van der Waals surface area (Å²) in [6, 6.07) is 4.53. The van der Waals surface area contributed by atoms with Crippen molar-refractivity contribution in [2.75, 3.05) is 7.05 Å². The van der Waals surface area contributed by atoms with Crippen molar-refractivity contribution >= 4 is 11.8 Å². The number of nitrogens with zero attached hydrogens (tertiary/aromatic N) is 1. The molecule has 1 aromatic rings. The number of imide groups is 1. The molecule has 4 heteroatoms. The van der Waals surface area contributed by atoms with E-state index in [9.17, 15) is 14.7 Å². The largest absolute Gasteiger partial charge is 0.508 e. The van der Waals surface area contributed by atoms with Gasteiger partial charge in [-0.2, -0.15) is 0 Å². The molecular weight excluding hydrogens is 206 g/mol. The maximum atomic E-state index is 11.9. The zero-order valence-electron chi connectivity index (χ0n) is 9.44. The Morgan fingerprint density at radius 3 is 2.50 bits per heavy atom. The van der Waals surface area contributed by atoms with Gasteiger partial charge in [0.15, 0.2) is 0 Å². The van der Waals surface area contributed by atoms with Crippen LogP contribution in [0.4, 0.5) is 0 Å². The third kappa shape index (κ3) is 1.23. The van der Waals surface area contributed by atoms with Gasteiger partial charge in [-0.1, -0.05) is 6.07 Å². The quantitative estimate of drug-likeness (QED) is 0.669. The molecule has 0 aliphatic carbocycles. The number of benzene rings is 1. The molecule has 2 amide bonds. The number of phenolic OH excluding ortho intramolecular Hbond substituents is 1. The zero-order chi connectivity index (χ0) is 12.1. The van der Waals surface area contributed by atoms with Crippen molar-refractivity contribution in [3.8, 4) is 5.75 Å². The van der Waals surface area contributed by atoms with Gasteiger partial charge in [0.2, 0.25) is 5.91 Å². The van der Waals surface area contributed by atoms with Gasteiger partial charge in [-0.05, 0) is 31.5 Å². The Kier molecular flexibility index (Phi) is 2.05. The Balaban J connectivity index is 2.73. The average Bonchev–Trinajstić information content (AvgIpc) is 2.24. The number of hydrogen-bond acceptors (Lipinski definition) is 3. The summed E-state index contributed by atoms with van der Waals surface area (Å²) < 4.78 is 0. The highest BCUT2D eigenvalue weighted by molar-refractivity contribution is 6.12. The lowest BCUT2D eigenvalue weighted by molar-refractivity contribution is -0.133. The molecule has 0 atom stereocenters. The first-order valence-electron chi connectivity index (χ1n) is 5.01. The molecule has 1 heterocycles. The summed E-state index contributed by atoms with van der Waals surface area (Å²) >= 11 is 0. The van der Waals surface area contributed by atoms with E-state index in [2.05, 4.69) is 0 Å². The number of likely N-dealkylation sites (N-methyl/N-ethyl adjacent to an activating group) is 1. The van der Waals surface area contributed by atoms with Gasteiger partial charge >= 0.3 is 0 Å². The first kappa shape index (κ1) is 10.7. The van der Waals surface area contributed by atoms with Crippen molar-refractivity contribution in [1.82, 2.24) is 4.90 Å². The standard InChI is InChI=1S/C12H13NO3/c1-12(2)9-5-4-7(14)6-8(9)10(15)13(3)11(12)16/h4-6,14H,1-3H3. The van der Waals surface area contributed by atoms with E-state index in [0.29, 0.717) is 11.1 Å². The number of phenols is 1. The van der Waals surface area contributed by atoms with Crippen LogP contribution in [0.2, 0.25) is 0 Å². The highest BCUT2D eigenvalue weighted by atomic mass is 16.3. The second-order valence-electron chi connectivity index (χ2n) is 4.52. The molecule has 0 saturated carbocycles. The highest BCUT2D eigenvalue weighted by Gasteiger charge is 2.42. The van der Waals surface area contributed by atoms with E-state index in [-0.39, 0.29) is 17.6 Å². The molecule has 0 unspecified atom stereocenters. The maximum Gasteiger partial charge on any atom is 0.260 e. The summed E-state index contributed by atoms with van der Waals surface area (Å²) in [6.07, 6.45) is 0. The van der Waals surface area contributed by atoms with Gasteiger partial charge in [0.25, 0.3) is 5.91 Å². The van der Waals surface area contributed by atoms with Gasteiger partial charge in [-0.3, -0.25) is 14.5 Å². The first-order valence-corrected chi connectivity index (χ1v) is 5.01. The lowest BCUT2D eigenvalue weighted by Crippen LogP contribution is -2.49. The van der Waals surface area contributed by atoms with Crippen LogP contribution >= 0.6 is 0 Å². The molecule has 0 bridgehead atoms. The van der Waals surface area contributed by atoms with Gasteiger partial charge in [0.1, 0.15) is 5.75 Å². The van der Waals surface area contributed by atoms with Crippen LogP contribution in [-0.4, -0.2) is 28.9 Å². The molecule has 0 saturated heterocycles. The molecule has 16 heavy (non-hydrogen) atoms. The lowest BCUT2D eigenvalue weighted by atomic mass is 9.77. The second-order valence-corrected chi connectivity index (χ2v) is 4.52. The van der Waals surface area contributed by atoms with Crippen LogP contribution in [0.1, 0.15) is 29.8 Å². The van der Waals surface area contributed by atoms with Crippen LogP contribution in [-0.2, 0) is 10.2 Å². The molecule has 1 aliphatic heterocycles. The molecule has 0 fully saturated rings.